The number of nitrogens with one attached hydrogen (secondary N) is 1. The molecule has 2 amide bonds. The maximum atomic E-state index is 12.5. The minimum Gasteiger partial charge on any atom is -0.449 e. The van der Waals surface area contributed by atoms with Crippen LogP contribution in [0, 0.1) is 17.8 Å². The highest BCUT2D eigenvalue weighted by Crippen LogP contribution is 2.33. The van der Waals surface area contributed by atoms with Gasteiger partial charge in [0.25, 0.3) is 5.91 Å². The van der Waals surface area contributed by atoms with Crippen molar-refractivity contribution in [1.82, 2.24) is 29.7 Å². The van der Waals surface area contributed by atoms with Crippen LogP contribution in [0.4, 0.5) is 10.6 Å². The molecule has 2 saturated heterocycles. The maximum Gasteiger partial charge on any atom is 0.409 e. The third-order valence-electron chi connectivity index (χ3n) is 8.38. The van der Waals surface area contributed by atoms with Gasteiger partial charge >= 0.3 is 6.09 Å². The molecular weight excluding hydrogens is 594 g/mol. The summed E-state index contributed by atoms with van der Waals surface area (Å²) in [6, 6.07) is 10.0. The number of carbonyl (C=O) groups excluding carboxylic acids is 2. The molecule has 3 aliphatic rings. The van der Waals surface area contributed by atoms with Gasteiger partial charge in [0, 0.05) is 32.0 Å². The lowest BCUT2D eigenvalue weighted by molar-refractivity contribution is -0.137. The van der Waals surface area contributed by atoms with E-state index >= 15 is 0 Å². The number of benzene rings is 1. The summed E-state index contributed by atoms with van der Waals surface area (Å²) >= 11 is 0. The zero-order chi connectivity index (χ0) is 32.0. The number of nitrogen functional groups attached to an aromatic ring is 1. The van der Waals surface area contributed by atoms with Crippen molar-refractivity contribution in [3.8, 4) is 11.8 Å². The number of rotatable bonds is 10. The monoisotopic (exact) mass is 633 g/mol. The number of imidazole rings is 1. The quantitative estimate of drug-likeness (QED) is 0.187. The highest BCUT2D eigenvalue weighted by molar-refractivity contribution is 5.83. The minimum absolute atomic E-state index is 0.0814. The summed E-state index contributed by atoms with van der Waals surface area (Å²) in [7, 11) is 0. The molecule has 0 spiro atoms. The third-order valence-corrected chi connectivity index (χ3v) is 8.38. The van der Waals surface area contributed by atoms with Crippen molar-refractivity contribution >= 4 is 29.0 Å². The summed E-state index contributed by atoms with van der Waals surface area (Å²) in [4.78, 5) is 39.7. The number of carbonyl (C=O) groups is 2. The van der Waals surface area contributed by atoms with Crippen LogP contribution in [-0.2, 0) is 25.6 Å². The van der Waals surface area contributed by atoms with Crippen LogP contribution in [0.2, 0.25) is 0 Å². The molecule has 1 saturated carbocycles. The van der Waals surface area contributed by atoms with E-state index in [4.69, 9.17) is 19.9 Å². The molecule has 2 aliphatic heterocycles. The molecule has 5 N–H and O–H groups in total. The van der Waals surface area contributed by atoms with Crippen molar-refractivity contribution in [2.75, 3.05) is 32.0 Å². The van der Waals surface area contributed by atoms with Gasteiger partial charge in [-0.2, -0.15) is 0 Å². The van der Waals surface area contributed by atoms with Crippen LogP contribution in [0.5, 0.6) is 0 Å². The standard InChI is InChI=1S/C32H39N7O7/c33-28-24-29(39(19-34-24)31-26(41)25(40)27(46-31)30(42)35-22-10-11-22)37-23(36-28)9-4-8-20-12-14-38(15-13-20)32(43)45-17-5-16-44-18-21-6-2-1-3-7-21/h1-3,6-7,19-20,22,25-27,31,40-41H,5,8,10-18H2,(H,35,42)(H2,33,36,37)/t25-,26+,27-,31+/m0/s1. The van der Waals surface area contributed by atoms with Gasteiger partial charge in [0.1, 0.15) is 17.7 Å². The molecule has 3 aromatic rings. The number of aliphatic hydroxyl groups excluding tert-OH is 2. The third kappa shape index (κ3) is 7.56. The van der Waals surface area contributed by atoms with Gasteiger partial charge < -0.3 is 40.4 Å². The first-order valence-corrected chi connectivity index (χ1v) is 15.7. The van der Waals surface area contributed by atoms with Crippen LogP contribution in [0.1, 0.15) is 56.1 Å². The van der Waals surface area contributed by atoms with Crippen LogP contribution in [0.3, 0.4) is 0 Å². The summed E-state index contributed by atoms with van der Waals surface area (Å²) in [6.45, 7) is 2.57. The average molecular weight is 634 g/mol. The van der Waals surface area contributed by atoms with Crippen molar-refractivity contribution < 1.29 is 34.0 Å². The Morgan fingerprint density at radius 1 is 1.07 bits per heavy atom. The molecule has 1 aliphatic carbocycles. The molecule has 0 bridgehead atoms. The zero-order valence-electron chi connectivity index (χ0n) is 25.5. The first-order valence-electron chi connectivity index (χ1n) is 15.7. The predicted octanol–water partition coefficient (Wildman–Crippen LogP) is 1.50. The van der Waals surface area contributed by atoms with Gasteiger partial charge in [-0.05, 0) is 43.1 Å². The molecule has 0 radical (unpaired) electrons. The number of fused-ring (bicyclic) bond motifs is 1. The predicted molar refractivity (Wildman–Crippen MR) is 165 cm³/mol. The van der Waals surface area contributed by atoms with E-state index < -0.39 is 30.4 Å². The lowest BCUT2D eigenvalue weighted by Gasteiger charge is -2.30. The van der Waals surface area contributed by atoms with Crippen molar-refractivity contribution in [3.63, 3.8) is 0 Å². The van der Waals surface area contributed by atoms with Gasteiger partial charge in [0.15, 0.2) is 23.8 Å². The van der Waals surface area contributed by atoms with E-state index in [0.717, 1.165) is 31.2 Å². The molecule has 46 heavy (non-hydrogen) atoms. The molecule has 6 rings (SSSR count). The largest absolute Gasteiger partial charge is 0.449 e. The van der Waals surface area contributed by atoms with Crippen molar-refractivity contribution in [1.29, 1.82) is 0 Å². The lowest BCUT2D eigenvalue weighted by atomic mass is 9.94. The Balaban J connectivity index is 0.968. The van der Waals surface area contributed by atoms with Gasteiger partial charge in [0.05, 0.1) is 26.1 Å². The SMILES string of the molecule is Nc1nc(C#CCC2CCN(C(=O)OCCCOCc3ccccc3)CC2)nc2c1ncn2[C@@H]1O[C@H](C(=O)NC2CC2)[C@@H](O)[C@H]1O. The van der Waals surface area contributed by atoms with Crippen molar-refractivity contribution in [3.05, 3.63) is 48.0 Å². The molecule has 14 nitrogen and oxygen atoms in total. The fourth-order valence-electron chi connectivity index (χ4n) is 5.57. The number of aliphatic hydroxyl groups is 2. The van der Waals surface area contributed by atoms with Gasteiger partial charge in [-0.25, -0.2) is 19.7 Å². The number of hydrogen-bond acceptors (Lipinski definition) is 11. The molecule has 0 unspecified atom stereocenters. The van der Waals surface area contributed by atoms with Crippen molar-refractivity contribution in [2.45, 2.75) is 75.7 Å². The van der Waals surface area contributed by atoms with Crippen LogP contribution in [0.15, 0.2) is 36.7 Å². The van der Waals surface area contributed by atoms with E-state index in [1.165, 1.54) is 10.9 Å². The Labute approximate surface area is 266 Å². The Morgan fingerprint density at radius 2 is 1.85 bits per heavy atom. The number of amides is 2. The molecule has 1 aromatic carbocycles. The second-order valence-corrected chi connectivity index (χ2v) is 11.9. The summed E-state index contributed by atoms with van der Waals surface area (Å²) in [5, 5.41) is 24.0. The second kappa shape index (κ2) is 14.4. The van der Waals surface area contributed by atoms with E-state index in [0.29, 0.717) is 57.2 Å². The van der Waals surface area contributed by atoms with E-state index in [1.54, 1.807) is 4.90 Å². The van der Waals surface area contributed by atoms with Crippen LogP contribution >= 0.6 is 0 Å². The maximum absolute atomic E-state index is 12.5. The van der Waals surface area contributed by atoms with Crippen LogP contribution in [0.25, 0.3) is 11.2 Å². The summed E-state index contributed by atoms with van der Waals surface area (Å²) in [5.74, 6) is 6.23. The summed E-state index contributed by atoms with van der Waals surface area (Å²) in [6.07, 6.45) is 0.534. The molecule has 244 valence electrons. The topological polar surface area (TPSA) is 187 Å². The molecule has 3 fully saturated rings. The number of anilines is 1. The molecular formula is C32H39N7O7. The summed E-state index contributed by atoms with van der Waals surface area (Å²) in [5.41, 5.74) is 7.81. The van der Waals surface area contributed by atoms with E-state index in [-0.39, 0.29) is 29.4 Å². The molecule has 14 heteroatoms. The highest BCUT2D eigenvalue weighted by Gasteiger charge is 2.48. The van der Waals surface area contributed by atoms with E-state index in [2.05, 4.69) is 32.1 Å². The van der Waals surface area contributed by atoms with E-state index in [1.807, 2.05) is 30.3 Å². The highest BCUT2D eigenvalue weighted by atomic mass is 16.6. The second-order valence-electron chi connectivity index (χ2n) is 11.9. The Kier molecular flexibility index (Phi) is 9.94. The summed E-state index contributed by atoms with van der Waals surface area (Å²) < 4.78 is 18.3. The first-order chi connectivity index (χ1) is 22.4. The number of piperidine rings is 1. The fourth-order valence-corrected chi connectivity index (χ4v) is 5.57. The smallest absolute Gasteiger partial charge is 0.409 e. The number of ether oxygens (including phenoxy) is 3. The lowest BCUT2D eigenvalue weighted by Crippen LogP contribution is -2.43. The Hall–Kier alpha value is -4.29. The van der Waals surface area contributed by atoms with Crippen LogP contribution < -0.4 is 11.1 Å². The number of aromatic nitrogens is 4. The first kappa shape index (κ1) is 31.7. The minimum atomic E-state index is -1.42. The Bertz CT molecular complexity index is 1580. The molecule has 4 atom stereocenters. The number of nitrogens with zero attached hydrogens (tertiary/aromatic N) is 5. The van der Waals surface area contributed by atoms with E-state index in [9.17, 15) is 19.8 Å². The average Bonchev–Trinajstić information content (AvgIpc) is 3.70. The van der Waals surface area contributed by atoms with Crippen LogP contribution in [-0.4, -0.2) is 97.3 Å². The van der Waals surface area contributed by atoms with Crippen molar-refractivity contribution in [2.24, 2.45) is 5.92 Å². The molecule has 2 aromatic heterocycles. The fraction of sp³-hybridized carbons (Fsp3) is 0.531. The normalized spacial score (nSPS) is 23.2. The van der Waals surface area contributed by atoms with Gasteiger partial charge in [0.2, 0.25) is 5.82 Å². The van der Waals surface area contributed by atoms with Gasteiger partial charge in [-0.3, -0.25) is 9.36 Å². The van der Waals surface area contributed by atoms with Gasteiger partial charge in [-0.1, -0.05) is 36.3 Å². The number of nitrogens with two attached hydrogens (primary N) is 1. The molecule has 4 heterocycles. The number of likely N-dealkylation sites (tertiary alicyclic amines) is 1. The Morgan fingerprint density at radius 3 is 2.61 bits per heavy atom. The zero-order valence-corrected chi connectivity index (χ0v) is 25.5. The number of hydrogen-bond donors (Lipinski definition) is 4. The van der Waals surface area contributed by atoms with Gasteiger partial charge in [-0.15, -0.1) is 0 Å².